The molecule has 0 bridgehead atoms. The Morgan fingerprint density at radius 1 is 1.00 bits per heavy atom. The Morgan fingerprint density at radius 2 is 1.75 bits per heavy atom. The average Bonchev–Trinajstić information content (AvgIpc) is 2.97. The van der Waals surface area contributed by atoms with Gasteiger partial charge in [-0.15, -0.1) is 0 Å². The molecule has 0 saturated carbocycles. The maximum Gasteiger partial charge on any atom is 0.230 e. The van der Waals surface area contributed by atoms with E-state index in [0.717, 1.165) is 33.7 Å². The fourth-order valence-electron chi connectivity index (χ4n) is 2.71. The van der Waals surface area contributed by atoms with Gasteiger partial charge in [-0.1, -0.05) is 12.1 Å². The number of para-hydroxylation sites is 1. The maximum atomic E-state index is 6.03. The van der Waals surface area contributed by atoms with Crippen LogP contribution in [0.1, 0.15) is 12.6 Å². The lowest BCUT2D eigenvalue weighted by molar-refractivity contribution is 0.339. The summed E-state index contributed by atoms with van der Waals surface area (Å²) >= 11 is 0. The first kappa shape index (κ1) is 14.5. The summed E-state index contributed by atoms with van der Waals surface area (Å²) in [5.74, 6) is 2.11. The van der Waals surface area contributed by atoms with E-state index in [4.69, 9.17) is 9.47 Å². The number of fused-ring (bicyclic) bond motifs is 3. The Bertz CT molecular complexity index is 1010. The van der Waals surface area contributed by atoms with Gasteiger partial charge in [0, 0.05) is 6.07 Å². The number of aromatic nitrogens is 3. The van der Waals surface area contributed by atoms with E-state index in [-0.39, 0.29) is 0 Å². The van der Waals surface area contributed by atoms with Crippen LogP contribution < -0.4 is 9.47 Å². The second kappa shape index (κ2) is 5.85. The molecule has 0 radical (unpaired) electrons. The predicted molar refractivity (Wildman–Crippen MR) is 92.9 cm³/mol. The lowest BCUT2D eigenvalue weighted by Crippen LogP contribution is -1.97. The minimum absolute atomic E-state index is 0.571. The van der Waals surface area contributed by atoms with Crippen molar-refractivity contribution in [1.29, 1.82) is 0 Å². The number of hydrogen-bond donors (Lipinski definition) is 0. The van der Waals surface area contributed by atoms with Crippen molar-refractivity contribution in [3.8, 4) is 17.4 Å². The van der Waals surface area contributed by atoms with Crippen LogP contribution in [-0.2, 0) is 0 Å². The third-order valence-electron chi connectivity index (χ3n) is 3.74. The lowest BCUT2D eigenvalue weighted by atomic mass is 10.2. The number of nitrogens with zero attached hydrogens (tertiary/aromatic N) is 3. The van der Waals surface area contributed by atoms with Gasteiger partial charge in [0.1, 0.15) is 11.5 Å². The number of rotatable bonds is 4. The van der Waals surface area contributed by atoms with Crippen molar-refractivity contribution in [3.63, 3.8) is 0 Å². The van der Waals surface area contributed by atoms with Crippen molar-refractivity contribution in [2.45, 2.75) is 13.8 Å². The third-order valence-corrected chi connectivity index (χ3v) is 3.74. The first-order valence-corrected chi connectivity index (χ1v) is 7.90. The van der Waals surface area contributed by atoms with Crippen molar-refractivity contribution < 1.29 is 9.47 Å². The second-order valence-electron chi connectivity index (χ2n) is 5.50. The fourth-order valence-corrected chi connectivity index (χ4v) is 2.71. The number of hydrogen-bond acceptors (Lipinski definition) is 4. The molecule has 2 heterocycles. The highest BCUT2D eigenvalue weighted by molar-refractivity contribution is 5.86. The van der Waals surface area contributed by atoms with Crippen LogP contribution in [0.2, 0.25) is 0 Å². The Labute approximate surface area is 139 Å². The summed E-state index contributed by atoms with van der Waals surface area (Å²) < 4.78 is 13.3. The number of aryl methyl sites for hydroxylation is 1. The molecular formula is C19H17N3O2. The van der Waals surface area contributed by atoms with Gasteiger partial charge in [0.15, 0.2) is 5.65 Å². The van der Waals surface area contributed by atoms with Crippen LogP contribution in [0.15, 0.2) is 54.6 Å². The zero-order chi connectivity index (χ0) is 16.5. The molecule has 0 aliphatic rings. The molecule has 4 rings (SSSR count). The molecule has 5 heteroatoms. The molecular weight excluding hydrogens is 302 g/mol. The van der Waals surface area contributed by atoms with Crippen molar-refractivity contribution in [2.24, 2.45) is 0 Å². The van der Waals surface area contributed by atoms with Gasteiger partial charge in [-0.05, 0) is 50.2 Å². The summed E-state index contributed by atoms with van der Waals surface area (Å²) in [5.41, 5.74) is 2.66. The molecule has 0 atom stereocenters. The Hall–Kier alpha value is -3.08. The predicted octanol–water partition coefficient (Wildman–Crippen LogP) is 4.38. The van der Waals surface area contributed by atoms with Gasteiger partial charge in [-0.25, -0.2) is 4.52 Å². The van der Waals surface area contributed by atoms with Gasteiger partial charge in [-0.3, -0.25) is 0 Å². The van der Waals surface area contributed by atoms with Crippen molar-refractivity contribution in [2.75, 3.05) is 6.61 Å². The minimum atomic E-state index is 0.571. The van der Waals surface area contributed by atoms with Crippen molar-refractivity contribution in [3.05, 3.63) is 60.3 Å². The normalized spacial score (nSPS) is 11.1. The Balaban J connectivity index is 1.79. The summed E-state index contributed by atoms with van der Waals surface area (Å²) in [4.78, 5) is 4.63. The summed E-state index contributed by atoms with van der Waals surface area (Å²) in [6.07, 6.45) is 0. The molecule has 24 heavy (non-hydrogen) atoms. The Morgan fingerprint density at radius 3 is 2.54 bits per heavy atom. The fraction of sp³-hybridized carbons (Fsp3) is 0.158. The maximum absolute atomic E-state index is 6.03. The smallest absolute Gasteiger partial charge is 0.230 e. The summed E-state index contributed by atoms with van der Waals surface area (Å²) in [5, 5.41) is 5.42. The van der Waals surface area contributed by atoms with E-state index in [2.05, 4.69) is 10.1 Å². The molecule has 0 aliphatic heterocycles. The van der Waals surface area contributed by atoms with E-state index < -0.39 is 0 Å². The topological polar surface area (TPSA) is 48.7 Å². The highest BCUT2D eigenvalue weighted by Crippen LogP contribution is 2.30. The average molecular weight is 319 g/mol. The van der Waals surface area contributed by atoms with E-state index in [1.54, 1.807) is 0 Å². The van der Waals surface area contributed by atoms with Crippen LogP contribution in [-0.4, -0.2) is 21.2 Å². The lowest BCUT2D eigenvalue weighted by Gasteiger charge is -2.10. The zero-order valence-corrected chi connectivity index (χ0v) is 13.6. The number of ether oxygens (including phenoxy) is 2. The van der Waals surface area contributed by atoms with Gasteiger partial charge in [-0.2, -0.15) is 10.1 Å². The molecule has 0 aliphatic carbocycles. The monoisotopic (exact) mass is 319 g/mol. The largest absolute Gasteiger partial charge is 0.494 e. The van der Waals surface area contributed by atoms with Crippen LogP contribution in [0.3, 0.4) is 0 Å². The molecule has 4 aromatic rings. The van der Waals surface area contributed by atoms with Crippen LogP contribution in [0.25, 0.3) is 16.6 Å². The SMILES string of the molecule is CCOc1ccc(Oc2nc3cc(C)nn3c3ccccc23)cc1. The third kappa shape index (κ3) is 2.54. The van der Waals surface area contributed by atoms with E-state index in [1.807, 2.05) is 73.0 Å². The molecule has 5 nitrogen and oxygen atoms in total. The van der Waals surface area contributed by atoms with Gasteiger partial charge >= 0.3 is 0 Å². The van der Waals surface area contributed by atoms with E-state index in [9.17, 15) is 0 Å². The van der Waals surface area contributed by atoms with Crippen LogP contribution >= 0.6 is 0 Å². The van der Waals surface area contributed by atoms with Gasteiger partial charge in [0.2, 0.25) is 5.88 Å². The van der Waals surface area contributed by atoms with E-state index >= 15 is 0 Å². The highest BCUT2D eigenvalue weighted by atomic mass is 16.5. The van der Waals surface area contributed by atoms with E-state index in [1.165, 1.54) is 0 Å². The molecule has 0 saturated heterocycles. The first-order chi connectivity index (χ1) is 11.7. The first-order valence-electron chi connectivity index (χ1n) is 7.90. The van der Waals surface area contributed by atoms with Crippen LogP contribution in [0.4, 0.5) is 0 Å². The summed E-state index contributed by atoms with van der Waals surface area (Å²) in [7, 11) is 0. The molecule has 2 aromatic carbocycles. The summed E-state index contributed by atoms with van der Waals surface area (Å²) in [6.45, 7) is 4.56. The van der Waals surface area contributed by atoms with E-state index in [0.29, 0.717) is 12.5 Å². The quantitative estimate of drug-likeness (QED) is 0.560. The molecule has 2 aromatic heterocycles. The van der Waals surface area contributed by atoms with Crippen LogP contribution in [0, 0.1) is 6.92 Å². The van der Waals surface area contributed by atoms with Gasteiger partial charge in [0.25, 0.3) is 0 Å². The standard InChI is InChI=1S/C19H17N3O2/c1-3-23-14-8-10-15(11-9-14)24-19-16-6-4-5-7-17(16)22-18(20-19)12-13(2)21-22/h4-12H,3H2,1-2H3. The minimum Gasteiger partial charge on any atom is -0.494 e. The molecule has 0 fully saturated rings. The molecule has 0 amide bonds. The second-order valence-corrected chi connectivity index (χ2v) is 5.50. The Kier molecular flexibility index (Phi) is 3.54. The van der Waals surface area contributed by atoms with Gasteiger partial charge in [0.05, 0.1) is 23.2 Å². The number of benzene rings is 2. The molecule has 0 N–H and O–H groups in total. The van der Waals surface area contributed by atoms with Crippen molar-refractivity contribution in [1.82, 2.24) is 14.6 Å². The summed E-state index contributed by atoms with van der Waals surface area (Å²) in [6, 6.07) is 17.4. The van der Waals surface area contributed by atoms with Crippen molar-refractivity contribution >= 4 is 16.6 Å². The van der Waals surface area contributed by atoms with Gasteiger partial charge < -0.3 is 9.47 Å². The highest BCUT2D eigenvalue weighted by Gasteiger charge is 2.11. The van der Waals surface area contributed by atoms with Crippen LogP contribution in [0.5, 0.6) is 17.4 Å². The molecule has 0 unspecified atom stereocenters. The molecule has 0 spiro atoms. The molecule has 120 valence electrons. The zero-order valence-electron chi connectivity index (χ0n) is 13.6.